The van der Waals surface area contributed by atoms with Crippen LogP contribution in [0.15, 0.2) is 30.3 Å². The summed E-state index contributed by atoms with van der Waals surface area (Å²) in [6.07, 6.45) is 0. The summed E-state index contributed by atoms with van der Waals surface area (Å²) in [5.74, 6) is 0.779. The number of benzene rings is 2. The lowest BCUT2D eigenvalue weighted by Crippen LogP contribution is -2.08. The number of hydrogen-bond donors (Lipinski definition) is 1. The van der Waals surface area contributed by atoms with Crippen LogP contribution in [-0.2, 0) is 0 Å². The van der Waals surface area contributed by atoms with E-state index >= 15 is 0 Å². The van der Waals surface area contributed by atoms with E-state index in [9.17, 15) is 4.39 Å². The van der Waals surface area contributed by atoms with Gasteiger partial charge < -0.3 is 10.5 Å². The van der Waals surface area contributed by atoms with Gasteiger partial charge in [0.25, 0.3) is 0 Å². The summed E-state index contributed by atoms with van der Waals surface area (Å²) in [7, 11) is 0. The van der Waals surface area contributed by atoms with Crippen LogP contribution in [0.4, 0.5) is 4.39 Å². The second-order valence-corrected chi connectivity index (χ2v) is 5.12. The van der Waals surface area contributed by atoms with Crippen molar-refractivity contribution in [1.29, 1.82) is 5.26 Å². The third-order valence-corrected chi connectivity index (χ3v) is 3.32. The Kier molecular flexibility index (Phi) is 4.25. The topological polar surface area (TPSA) is 59.0 Å². The number of aryl methyl sites for hydroxylation is 2. The number of halogens is 1. The molecule has 2 rings (SSSR count). The second kappa shape index (κ2) is 5.94. The standard InChI is InChI=1S/C17H17FN2O/c1-10-4-5-13(9-19)7-16(10)21-17-6-11(2)15(18)8-14(17)12(3)20/h4-8,12H,20H2,1-3H3/t12-/m0/s1. The minimum Gasteiger partial charge on any atom is -0.457 e. The SMILES string of the molecule is Cc1cc(Oc2cc(C#N)ccc2C)c([C@H](C)N)cc1F. The van der Waals surface area contributed by atoms with Crippen LogP contribution in [0.1, 0.15) is 35.2 Å². The molecule has 0 aliphatic carbocycles. The molecular formula is C17H17FN2O. The van der Waals surface area contributed by atoms with Gasteiger partial charge >= 0.3 is 0 Å². The molecule has 0 heterocycles. The number of rotatable bonds is 3. The normalized spacial score (nSPS) is 11.8. The van der Waals surface area contributed by atoms with Crippen LogP contribution in [0.3, 0.4) is 0 Å². The molecule has 0 saturated carbocycles. The van der Waals surface area contributed by atoms with Crippen LogP contribution in [0.2, 0.25) is 0 Å². The molecule has 2 N–H and O–H groups in total. The molecule has 0 bridgehead atoms. The van der Waals surface area contributed by atoms with Crippen molar-refractivity contribution >= 4 is 0 Å². The first-order valence-corrected chi connectivity index (χ1v) is 6.66. The van der Waals surface area contributed by atoms with E-state index in [1.165, 1.54) is 6.07 Å². The molecule has 4 heteroatoms. The molecule has 0 aliphatic heterocycles. The quantitative estimate of drug-likeness (QED) is 0.922. The van der Waals surface area contributed by atoms with E-state index in [0.717, 1.165) is 5.56 Å². The minimum atomic E-state index is -0.352. The third-order valence-electron chi connectivity index (χ3n) is 3.32. The van der Waals surface area contributed by atoms with E-state index in [-0.39, 0.29) is 11.9 Å². The molecule has 2 aromatic carbocycles. The monoisotopic (exact) mass is 284 g/mol. The van der Waals surface area contributed by atoms with Crippen molar-refractivity contribution in [3.8, 4) is 17.6 Å². The Balaban J connectivity index is 2.49. The van der Waals surface area contributed by atoms with Crippen molar-refractivity contribution < 1.29 is 9.13 Å². The first-order valence-electron chi connectivity index (χ1n) is 6.66. The highest BCUT2D eigenvalue weighted by Gasteiger charge is 2.14. The van der Waals surface area contributed by atoms with Gasteiger partial charge in [-0.2, -0.15) is 5.26 Å². The van der Waals surface area contributed by atoms with Crippen LogP contribution in [0.5, 0.6) is 11.5 Å². The fraction of sp³-hybridized carbons (Fsp3) is 0.235. The number of ether oxygens (including phenoxy) is 1. The van der Waals surface area contributed by atoms with Crippen molar-refractivity contribution in [3.63, 3.8) is 0 Å². The molecule has 0 fully saturated rings. The van der Waals surface area contributed by atoms with Crippen LogP contribution in [-0.4, -0.2) is 0 Å². The Bertz CT molecular complexity index is 717. The second-order valence-electron chi connectivity index (χ2n) is 5.12. The summed E-state index contributed by atoms with van der Waals surface area (Å²) in [5.41, 5.74) is 8.37. The van der Waals surface area contributed by atoms with Gasteiger partial charge in [-0.3, -0.25) is 0 Å². The van der Waals surface area contributed by atoms with Gasteiger partial charge in [0.15, 0.2) is 0 Å². The lowest BCUT2D eigenvalue weighted by atomic mass is 10.0. The lowest BCUT2D eigenvalue weighted by molar-refractivity contribution is 0.464. The fourth-order valence-electron chi connectivity index (χ4n) is 2.01. The van der Waals surface area contributed by atoms with Gasteiger partial charge in [0.05, 0.1) is 11.6 Å². The smallest absolute Gasteiger partial charge is 0.132 e. The van der Waals surface area contributed by atoms with E-state index in [1.54, 1.807) is 32.0 Å². The summed E-state index contributed by atoms with van der Waals surface area (Å²) in [6, 6.07) is 9.96. The zero-order valence-electron chi connectivity index (χ0n) is 12.3. The Morgan fingerprint density at radius 3 is 2.48 bits per heavy atom. The van der Waals surface area contributed by atoms with Crippen LogP contribution < -0.4 is 10.5 Å². The van der Waals surface area contributed by atoms with Crippen molar-refractivity contribution in [2.45, 2.75) is 26.8 Å². The molecule has 0 spiro atoms. The molecule has 108 valence electrons. The van der Waals surface area contributed by atoms with E-state index in [1.807, 2.05) is 13.0 Å². The zero-order valence-corrected chi connectivity index (χ0v) is 12.3. The largest absolute Gasteiger partial charge is 0.457 e. The third kappa shape index (κ3) is 3.21. The minimum absolute atomic E-state index is 0.308. The fourth-order valence-corrected chi connectivity index (χ4v) is 2.01. The molecule has 0 radical (unpaired) electrons. The average molecular weight is 284 g/mol. The van der Waals surface area contributed by atoms with E-state index in [0.29, 0.717) is 28.2 Å². The van der Waals surface area contributed by atoms with Gasteiger partial charge in [0.2, 0.25) is 0 Å². The van der Waals surface area contributed by atoms with E-state index in [4.69, 9.17) is 15.7 Å². The maximum atomic E-state index is 13.7. The molecule has 2 aromatic rings. The molecule has 3 nitrogen and oxygen atoms in total. The Morgan fingerprint density at radius 1 is 1.14 bits per heavy atom. The molecule has 0 aromatic heterocycles. The summed E-state index contributed by atoms with van der Waals surface area (Å²) in [6.45, 7) is 5.33. The predicted octanol–water partition coefficient (Wildman–Crippen LogP) is 4.13. The van der Waals surface area contributed by atoms with Crippen molar-refractivity contribution in [1.82, 2.24) is 0 Å². The van der Waals surface area contributed by atoms with Gasteiger partial charge in [0.1, 0.15) is 17.3 Å². The average Bonchev–Trinajstić information content (AvgIpc) is 2.44. The highest BCUT2D eigenvalue weighted by molar-refractivity contribution is 5.47. The maximum absolute atomic E-state index is 13.7. The van der Waals surface area contributed by atoms with Crippen molar-refractivity contribution in [2.24, 2.45) is 5.73 Å². The molecule has 0 aliphatic rings. The molecule has 0 saturated heterocycles. The number of nitrogens with zero attached hydrogens (tertiary/aromatic N) is 1. The van der Waals surface area contributed by atoms with Crippen LogP contribution in [0, 0.1) is 31.0 Å². The van der Waals surface area contributed by atoms with Crippen LogP contribution in [0.25, 0.3) is 0 Å². The van der Waals surface area contributed by atoms with Crippen molar-refractivity contribution in [3.05, 3.63) is 58.4 Å². The Labute approximate surface area is 123 Å². The van der Waals surface area contributed by atoms with E-state index < -0.39 is 0 Å². The molecule has 0 unspecified atom stereocenters. The summed E-state index contributed by atoms with van der Waals surface area (Å²) < 4.78 is 19.6. The highest BCUT2D eigenvalue weighted by Crippen LogP contribution is 2.33. The molecule has 21 heavy (non-hydrogen) atoms. The number of nitriles is 1. The highest BCUT2D eigenvalue weighted by atomic mass is 19.1. The van der Waals surface area contributed by atoms with Gasteiger partial charge in [-0.05, 0) is 56.2 Å². The zero-order chi connectivity index (χ0) is 15.6. The van der Waals surface area contributed by atoms with Crippen LogP contribution >= 0.6 is 0 Å². The van der Waals surface area contributed by atoms with Crippen molar-refractivity contribution in [2.75, 3.05) is 0 Å². The summed E-state index contributed by atoms with van der Waals surface area (Å²) in [5, 5.41) is 8.97. The molecule has 0 amide bonds. The first-order chi connectivity index (χ1) is 9.92. The summed E-state index contributed by atoms with van der Waals surface area (Å²) >= 11 is 0. The molecular weight excluding hydrogens is 267 g/mol. The summed E-state index contributed by atoms with van der Waals surface area (Å²) in [4.78, 5) is 0. The van der Waals surface area contributed by atoms with Gasteiger partial charge in [-0.1, -0.05) is 6.07 Å². The lowest BCUT2D eigenvalue weighted by Gasteiger charge is -2.16. The number of nitrogens with two attached hydrogens (primary N) is 1. The Hall–Kier alpha value is -2.38. The molecule has 1 atom stereocenters. The van der Waals surface area contributed by atoms with Gasteiger partial charge in [-0.25, -0.2) is 4.39 Å². The van der Waals surface area contributed by atoms with Gasteiger partial charge in [0, 0.05) is 11.6 Å². The van der Waals surface area contributed by atoms with Gasteiger partial charge in [-0.15, -0.1) is 0 Å². The Morgan fingerprint density at radius 2 is 1.86 bits per heavy atom. The first kappa shape index (κ1) is 15.0. The van der Waals surface area contributed by atoms with E-state index in [2.05, 4.69) is 6.07 Å². The maximum Gasteiger partial charge on any atom is 0.132 e. The predicted molar refractivity (Wildman–Crippen MR) is 79.7 cm³/mol. The number of hydrogen-bond acceptors (Lipinski definition) is 3.